The zero-order valence-corrected chi connectivity index (χ0v) is 10.6. The number of thiophene rings is 1. The number of oxime groups is 1. The Labute approximate surface area is 105 Å². The Morgan fingerprint density at radius 3 is 3.12 bits per heavy atom. The lowest BCUT2D eigenvalue weighted by Crippen LogP contribution is -2.43. The first-order chi connectivity index (χ1) is 8.20. The lowest BCUT2D eigenvalue weighted by molar-refractivity contribution is -0.131. The average Bonchev–Trinajstić information content (AvgIpc) is 2.81. The zero-order valence-electron chi connectivity index (χ0n) is 9.80. The Morgan fingerprint density at radius 1 is 1.71 bits per heavy atom. The predicted molar refractivity (Wildman–Crippen MR) is 67.6 cm³/mol. The summed E-state index contributed by atoms with van der Waals surface area (Å²) in [4.78, 5) is 15.0. The maximum absolute atomic E-state index is 12.0. The van der Waals surface area contributed by atoms with Crippen molar-refractivity contribution in [1.82, 2.24) is 4.90 Å². The van der Waals surface area contributed by atoms with Crippen LogP contribution in [0.5, 0.6) is 0 Å². The van der Waals surface area contributed by atoms with Crippen LogP contribution in [0.2, 0.25) is 0 Å². The lowest BCUT2D eigenvalue weighted by atomic mass is 9.97. The van der Waals surface area contributed by atoms with E-state index in [1.165, 1.54) is 0 Å². The molecule has 1 aliphatic heterocycles. The van der Waals surface area contributed by atoms with Gasteiger partial charge in [0, 0.05) is 30.3 Å². The van der Waals surface area contributed by atoms with E-state index in [0.717, 1.165) is 10.6 Å². The molecular weight excluding hydrogens is 236 g/mol. The van der Waals surface area contributed by atoms with Gasteiger partial charge in [0.25, 0.3) is 0 Å². The molecule has 1 aromatic rings. The third-order valence-corrected chi connectivity index (χ3v) is 3.96. The number of rotatable bonds is 2. The number of carbonyl (C=O) groups excluding carboxylic acids is 1. The number of piperidine rings is 1. The third-order valence-electron chi connectivity index (χ3n) is 3.09. The molecule has 2 rings (SSSR count). The Bertz CT molecular complexity index is 414. The summed E-state index contributed by atoms with van der Waals surface area (Å²) in [5.41, 5.74) is 0.796. The number of nitrogens with zero attached hydrogens (tertiary/aromatic N) is 2. The van der Waals surface area contributed by atoms with Crippen LogP contribution in [0.1, 0.15) is 18.2 Å². The summed E-state index contributed by atoms with van der Waals surface area (Å²) in [6, 6.07) is 3.94. The second-order valence-corrected chi connectivity index (χ2v) is 5.37. The van der Waals surface area contributed by atoms with E-state index in [0.29, 0.717) is 25.9 Å². The fourth-order valence-corrected chi connectivity index (χ4v) is 2.77. The van der Waals surface area contributed by atoms with E-state index in [-0.39, 0.29) is 11.8 Å². The van der Waals surface area contributed by atoms with Crippen LogP contribution in [0, 0.1) is 5.92 Å². The Kier molecular flexibility index (Phi) is 3.78. The number of amides is 1. The molecule has 4 nitrogen and oxygen atoms in total. The highest BCUT2D eigenvalue weighted by Crippen LogP contribution is 2.16. The van der Waals surface area contributed by atoms with Gasteiger partial charge in [0.1, 0.15) is 0 Å². The summed E-state index contributed by atoms with van der Waals surface area (Å²) < 4.78 is 0. The molecule has 1 saturated heterocycles. The van der Waals surface area contributed by atoms with E-state index >= 15 is 0 Å². The molecule has 0 bridgehead atoms. The highest BCUT2D eigenvalue weighted by atomic mass is 32.1. The minimum absolute atomic E-state index is 0.154. The average molecular weight is 252 g/mol. The van der Waals surface area contributed by atoms with Crippen LogP contribution in [0.15, 0.2) is 22.7 Å². The van der Waals surface area contributed by atoms with Gasteiger partial charge in [0.2, 0.25) is 5.91 Å². The first kappa shape index (κ1) is 12.1. The molecule has 1 N–H and O–H groups in total. The summed E-state index contributed by atoms with van der Waals surface area (Å²) in [5, 5.41) is 14.0. The molecular formula is C12H16N2O2S. The quantitative estimate of drug-likeness (QED) is 0.646. The Balaban J connectivity index is 1.93. The molecule has 1 atom stereocenters. The predicted octanol–water partition coefficient (Wildman–Crippen LogP) is 1.99. The van der Waals surface area contributed by atoms with Crippen LogP contribution in [-0.4, -0.2) is 34.8 Å². The van der Waals surface area contributed by atoms with E-state index in [4.69, 9.17) is 5.21 Å². The molecule has 0 aromatic carbocycles. The molecule has 5 heteroatoms. The molecule has 1 unspecified atom stereocenters. The first-order valence-electron chi connectivity index (χ1n) is 5.71. The molecule has 2 heterocycles. The zero-order chi connectivity index (χ0) is 12.3. The van der Waals surface area contributed by atoms with Crippen LogP contribution >= 0.6 is 11.3 Å². The molecule has 1 aliphatic rings. The van der Waals surface area contributed by atoms with E-state index < -0.39 is 0 Å². The number of hydrogen-bond donors (Lipinski definition) is 1. The Hall–Kier alpha value is -1.36. The molecule has 1 aromatic heterocycles. The standard InChI is InChI=1S/C12H16N2O2S/c1-9-8-14(5-4-11(9)13-16)12(15)7-10-3-2-6-17-10/h2-3,6,9,16H,4-5,7-8H2,1H3/b13-11+. The van der Waals surface area contributed by atoms with Gasteiger partial charge >= 0.3 is 0 Å². The largest absolute Gasteiger partial charge is 0.411 e. The van der Waals surface area contributed by atoms with Crippen molar-refractivity contribution < 1.29 is 10.0 Å². The molecule has 17 heavy (non-hydrogen) atoms. The van der Waals surface area contributed by atoms with Crippen LogP contribution in [0.4, 0.5) is 0 Å². The number of hydrogen-bond acceptors (Lipinski definition) is 4. The molecule has 0 aliphatic carbocycles. The SMILES string of the molecule is CC1CN(C(=O)Cc2cccs2)CC/C1=N\O. The molecule has 0 saturated carbocycles. The molecule has 0 spiro atoms. The summed E-state index contributed by atoms with van der Waals surface area (Å²) in [7, 11) is 0. The maximum atomic E-state index is 12.0. The van der Waals surface area contributed by atoms with E-state index in [9.17, 15) is 4.79 Å². The summed E-state index contributed by atoms with van der Waals surface area (Å²) in [6.07, 6.45) is 1.16. The van der Waals surface area contributed by atoms with Gasteiger partial charge in [0.05, 0.1) is 12.1 Å². The van der Waals surface area contributed by atoms with Crippen molar-refractivity contribution in [3.8, 4) is 0 Å². The summed E-state index contributed by atoms with van der Waals surface area (Å²) >= 11 is 1.61. The highest BCUT2D eigenvalue weighted by molar-refractivity contribution is 7.10. The van der Waals surface area contributed by atoms with E-state index in [2.05, 4.69) is 5.16 Å². The van der Waals surface area contributed by atoms with E-state index in [1.807, 2.05) is 29.3 Å². The van der Waals surface area contributed by atoms with Gasteiger partial charge in [-0.25, -0.2) is 0 Å². The van der Waals surface area contributed by atoms with Gasteiger partial charge in [-0.05, 0) is 11.4 Å². The first-order valence-corrected chi connectivity index (χ1v) is 6.59. The van der Waals surface area contributed by atoms with Gasteiger partial charge in [-0.1, -0.05) is 18.1 Å². The van der Waals surface area contributed by atoms with Crippen molar-refractivity contribution in [3.05, 3.63) is 22.4 Å². The number of likely N-dealkylation sites (tertiary alicyclic amines) is 1. The monoisotopic (exact) mass is 252 g/mol. The highest BCUT2D eigenvalue weighted by Gasteiger charge is 2.25. The third kappa shape index (κ3) is 2.85. The van der Waals surface area contributed by atoms with Crippen LogP contribution in [-0.2, 0) is 11.2 Å². The summed E-state index contributed by atoms with van der Waals surface area (Å²) in [5.74, 6) is 0.317. The van der Waals surface area contributed by atoms with Crippen molar-refractivity contribution in [2.75, 3.05) is 13.1 Å². The van der Waals surface area contributed by atoms with E-state index in [1.54, 1.807) is 11.3 Å². The van der Waals surface area contributed by atoms with Gasteiger partial charge in [-0.15, -0.1) is 11.3 Å². The maximum Gasteiger partial charge on any atom is 0.227 e. The van der Waals surface area contributed by atoms with Crippen molar-refractivity contribution in [3.63, 3.8) is 0 Å². The lowest BCUT2D eigenvalue weighted by Gasteiger charge is -2.31. The van der Waals surface area contributed by atoms with Crippen LogP contribution < -0.4 is 0 Å². The van der Waals surface area contributed by atoms with Crippen molar-refractivity contribution in [2.45, 2.75) is 19.8 Å². The van der Waals surface area contributed by atoms with Gasteiger partial charge < -0.3 is 10.1 Å². The Morgan fingerprint density at radius 2 is 2.53 bits per heavy atom. The fourth-order valence-electron chi connectivity index (χ4n) is 2.07. The molecule has 1 fully saturated rings. The normalized spacial score (nSPS) is 23.0. The van der Waals surface area contributed by atoms with Crippen molar-refractivity contribution in [2.24, 2.45) is 11.1 Å². The second-order valence-electron chi connectivity index (χ2n) is 4.34. The topological polar surface area (TPSA) is 52.9 Å². The number of carbonyl (C=O) groups is 1. The van der Waals surface area contributed by atoms with Crippen molar-refractivity contribution in [1.29, 1.82) is 0 Å². The van der Waals surface area contributed by atoms with Crippen LogP contribution in [0.25, 0.3) is 0 Å². The second kappa shape index (κ2) is 5.31. The summed E-state index contributed by atoms with van der Waals surface area (Å²) in [6.45, 7) is 3.30. The minimum atomic E-state index is 0.154. The molecule has 1 amide bonds. The van der Waals surface area contributed by atoms with Gasteiger partial charge in [-0.2, -0.15) is 0 Å². The van der Waals surface area contributed by atoms with Crippen LogP contribution in [0.3, 0.4) is 0 Å². The van der Waals surface area contributed by atoms with Gasteiger partial charge in [0.15, 0.2) is 0 Å². The molecule has 92 valence electrons. The fraction of sp³-hybridized carbons (Fsp3) is 0.500. The minimum Gasteiger partial charge on any atom is -0.411 e. The smallest absolute Gasteiger partial charge is 0.227 e. The molecule has 0 radical (unpaired) electrons. The van der Waals surface area contributed by atoms with Gasteiger partial charge in [-0.3, -0.25) is 4.79 Å². The van der Waals surface area contributed by atoms with Crippen molar-refractivity contribution >= 4 is 23.0 Å².